The van der Waals surface area contributed by atoms with Crippen LogP contribution in [-0.2, 0) is 6.61 Å². The lowest BCUT2D eigenvalue weighted by atomic mass is 10.0. The molecule has 2 atom stereocenters. The van der Waals surface area contributed by atoms with Gasteiger partial charge >= 0.3 is 0 Å². The van der Waals surface area contributed by atoms with Gasteiger partial charge in [-0.3, -0.25) is 0 Å². The number of aliphatic hydroxyl groups is 1. The van der Waals surface area contributed by atoms with Crippen LogP contribution in [0.15, 0.2) is 29.6 Å². The smallest absolute Gasteiger partial charge is 0.110 e. The Morgan fingerprint density at radius 1 is 1.32 bits per heavy atom. The molecule has 0 saturated heterocycles. The fourth-order valence-corrected chi connectivity index (χ4v) is 2.89. The highest BCUT2D eigenvalue weighted by Gasteiger charge is 2.13. The largest absolute Gasteiger partial charge is 0.392 e. The predicted molar refractivity (Wildman–Crippen MR) is 79.2 cm³/mol. The van der Waals surface area contributed by atoms with Crippen LogP contribution in [0.1, 0.15) is 47.8 Å². The molecule has 0 aliphatic rings. The lowest BCUT2D eigenvalue weighted by Crippen LogP contribution is -2.22. The Balaban J connectivity index is 2.05. The number of rotatable bonds is 5. The second-order valence-electron chi connectivity index (χ2n) is 4.84. The molecule has 102 valence electrons. The molecule has 0 bridgehead atoms. The number of nitrogens with one attached hydrogen (secondary N) is 1. The standard InChI is InChI=1S/C15H20N2OS/c1-10-9-19-15(16-10)12(3)17-11(2)14-6-4-5-13(7-14)8-18/h4-7,9,11-12,17-18H,8H2,1-3H3. The maximum Gasteiger partial charge on any atom is 0.110 e. The van der Waals surface area contributed by atoms with Crippen molar-refractivity contribution in [2.45, 2.75) is 39.5 Å². The normalized spacial score (nSPS) is 14.3. The first-order valence-corrected chi connectivity index (χ1v) is 7.36. The molecule has 0 radical (unpaired) electrons. The molecule has 1 aromatic heterocycles. The van der Waals surface area contributed by atoms with Crippen molar-refractivity contribution in [2.24, 2.45) is 0 Å². The molecule has 0 amide bonds. The van der Waals surface area contributed by atoms with Crippen LogP contribution < -0.4 is 5.32 Å². The third kappa shape index (κ3) is 3.62. The molecule has 0 saturated carbocycles. The van der Waals surface area contributed by atoms with Crippen LogP contribution in [-0.4, -0.2) is 10.1 Å². The number of benzene rings is 1. The molecule has 0 spiro atoms. The topological polar surface area (TPSA) is 45.1 Å². The molecular weight excluding hydrogens is 256 g/mol. The Morgan fingerprint density at radius 3 is 2.74 bits per heavy atom. The first-order chi connectivity index (χ1) is 9.10. The molecular formula is C15H20N2OS. The number of thiazole rings is 1. The van der Waals surface area contributed by atoms with Crippen LogP contribution in [0.4, 0.5) is 0 Å². The minimum atomic E-state index is 0.0851. The first kappa shape index (κ1) is 14.2. The van der Waals surface area contributed by atoms with Crippen LogP contribution in [0.25, 0.3) is 0 Å². The van der Waals surface area contributed by atoms with Gasteiger partial charge in [0.25, 0.3) is 0 Å². The number of aromatic nitrogens is 1. The minimum absolute atomic E-state index is 0.0851. The van der Waals surface area contributed by atoms with E-state index in [9.17, 15) is 5.11 Å². The first-order valence-electron chi connectivity index (χ1n) is 6.48. The lowest BCUT2D eigenvalue weighted by molar-refractivity contribution is 0.281. The van der Waals surface area contributed by atoms with Gasteiger partial charge in [0.1, 0.15) is 5.01 Å². The minimum Gasteiger partial charge on any atom is -0.392 e. The van der Waals surface area contributed by atoms with Crippen LogP contribution in [0.5, 0.6) is 0 Å². The molecule has 1 aromatic carbocycles. The molecule has 2 unspecified atom stereocenters. The average Bonchev–Trinajstić information content (AvgIpc) is 2.85. The maximum absolute atomic E-state index is 9.18. The summed E-state index contributed by atoms with van der Waals surface area (Å²) in [6.45, 7) is 6.36. The van der Waals surface area contributed by atoms with Crippen molar-refractivity contribution < 1.29 is 5.11 Å². The van der Waals surface area contributed by atoms with E-state index in [0.29, 0.717) is 0 Å². The van der Waals surface area contributed by atoms with Crippen LogP contribution >= 0.6 is 11.3 Å². The van der Waals surface area contributed by atoms with Gasteiger partial charge in [-0.25, -0.2) is 4.98 Å². The number of hydrogen-bond donors (Lipinski definition) is 2. The zero-order valence-electron chi connectivity index (χ0n) is 11.6. The molecule has 2 N–H and O–H groups in total. The fraction of sp³-hybridized carbons (Fsp3) is 0.400. The molecule has 2 aromatic rings. The molecule has 0 fully saturated rings. The Kier molecular flexibility index (Phi) is 4.69. The van der Waals surface area contributed by atoms with Crippen molar-refractivity contribution in [2.75, 3.05) is 0 Å². The summed E-state index contributed by atoms with van der Waals surface area (Å²) in [6.07, 6.45) is 0. The van der Waals surface area contributed by atoms with Crippen molar-refractivity contribution in [1.82, 2.24) is 10.3 Å². The van der Waals surface area contributed by atoms with Crippen molar-refractivity contribution in [1.29, 1.82) is 0 Å². The molecule has 1 heterocycles. The summed E-state index contributed by atoms with van der Waals surface area (Å²) in [7, 11) is 0. The molecule has 2 rings (SSSR count). The van der Waals surface area contributed by atoms with Gasteiger partial charge in [0, 0.05) is 17.1 Å². The average molecular weight is 276 g/mol. The van der Waals surface area contributed by atoms with E-state index in [2.05, 4.69) is 35.6 Å². The fourth-order valence-electron chi connectivity index (χ4n) is 2.07. The van der Waals surface area contributed by atoms with Gasteiger partial charge in [0.05, 0.1) is 12.6 Å². The highest BCUT2D eigenvalue weighted by molar-refractivity contribution is 7.09. The quantitative estimate of drug-likeness (QED) is 0.880. The van der Waals surface area contributed by atoms with Gasteiger partial charge in [0.2, 0.25) is 0 Å². The van der Waals surface area contributed by atoms with Crippen molar-refractivity contribution in [3.63, 3.8) is 0 Å². The summed E-state index contributed by atoms with van der Waals surface area (Å²) >= 11 is 1.69. The highest BCUT2D eigenvalue weighted by Crippen LogP contribution is 2.22. The van der Waals surface area contributed by atoms with E-state index in [-0.39, 0.29) is 18.7 Å². The van der Waals surface area contributed by atoms with E-state index in [1.807, 2.05) is 25.1 Å². The van der Waals surface area contributed by atoms with Gasteiger partial charge in [-0.15, -0.1) is 11.3 Å². The van der Waals surface area contributed by atoms with Gasteiger partial charge in [-0.2, -0.15) is 0 Å². The van der Waals surface area contributed by atoms with Gasteiger partial charge in [-0.05, 0) is 31.9 Å². The van der Waals surface area contributed by atoms with Crippen molar-refractivity contribution in [3.05, 3.63) is 51.5 Å². The summed E-state index contributed by atoms with van der Waals surface area (Å²) in [5.74, 6) is 0. The zero-order valence-corrected chi connectivity index (χ0v) is 12.4. The van der Waals surface area contributed by atoms with Gasteiger partial charge in [0.15, 0.2) is 0 Å². The van der Waals surface area contributed by atoms with E-state index in [0.717, 1.165) is 16.3 Å². The Hall–Kier alpha value is -1.23. The Labute approximate surface area is 118 Å². The number of nitrogens with zero attached hydrogens (tertiary/aromatic N) is 1. The van der Waals surface area contributed by atoms with Crippen molar-refractivity contribution in [3.8, 4) is 0 Å². The summed E-state index contributed by atoms with van der Waals surface area (Å²) in [5, 5.41) is 15.9. The second kappa shape index (κ2) is 6.28. The summed E-state index contributed by atoms with van der Waals surface area (Å²) < 4.78 is 0. The highest BCUT2D eigenvalue weighted by atomic mass is 32.1. The third-order valence-electron chi connectivity index (χ3n) is 3.14. The molecule has 0 aliphatic carbocycles. The van der Waals surface area contributed by atoms with Crippen molar-refractivity contribution >= 4 is 11.3 Å². The molecule has 3 nitrogen and oxygen atoms in total. The Morgan fingerprint density at radius 2 is 2.11 bits per heavy atom. The maximum atomic E-state index is 9.18. The van der Waals surface area contributed by atoms with E-state index in [4.69, 9.17) is 0 Å². The van der Waals surface area contributed by atoms with Gasteiger partial charge < -0.3 is 10.4 Å². The molecule has 4 heteroatoms. The van der Waals surface area contributed by atoms with E-state index >= 15 is 0 Å². The number of hydrogen-bond acceptors (Lipinski definition) is 4. The third-order valence-corrected chi connectivity index (χ3v) is 4.29. The summed E-state index contributed by atoms with van der Waals surface area (Å²) in [4.78, 5) is 4.51. The molecule has 0 aliphatic heterocycles. The monoisotopic (exact) mass is 276 g/mol. The SMILES string of the molecule is Cc1csc(C(C)NC(C)c2cccc(CO)c2)n1. The predicted octanol–water partition coefficient (Wildman–Crippen LogP) is 3.36. The lowest BCUT2D eigenvalue weighted by Gasteiger charge is -2.19. The number of aliphatic hydroxyl groups excluding tert-OH is 1. The Bertz CT molecular complexity index is 538. The van der Waals surface area contributed by atoms with E-state index < -0.39 is 0 Å². The summed E-state index contributed by atoms with van der Waals surface area (Å²) in [6, 6.07) is 8.49. The van der Waals surface area contributed by atoms with E-state index in [1.54, 1.807) is 11.3 Å². The zero-order chi connectivity index (χ0) is 13.8. The molecule has 19 heavy (non-hydrogen) atoms. The van der Waals surface area contributed by atoms with Crippen LogP contribution in [0.2, 0.25) is 0 Å². The van der Waals surface area contributed by atoms with Crippen LogP contribution in [0, 0.1) is 6.92 Å². The second-order valence-corrected chi connectivity index (χ2v) is 5.73. The summed E-state index contributed by atoms with van der Waals surface area (Å²) in [5.41, 5.74) is 3.21. The van der Waals surface area contributed by atoms with Gasteiger partial charge in [-0.1, -0.05) is 24.3 Å². The number of aryl methyl sites for hydroxylation is 1. The van der Waals surface area contributed by atoms with Crippen LogP contribution in [0.3, 0.4) is 0 Å². The van der Waals surface area contributed by atoms with E-state index in [1.165, 1.54) is 5.56 Å².